The van der Waals surface area contributed by atoms with Crippen LogP contribution in [0.3, 0.4) is 0 Å². The number of rotatable bonds is 8. The Morgan fingerprint density at radius 1 is 1.06 bits per heavy atom. The SMILES string of the molecule is COCCOc1cc2nccc(Oc3ccc(NC(=O)Nc4ccc(F)cc4O)cc3)c2cc1C#N. The lowest BCUT2D eigenvalue weighted by Crippen LogP contribution is -2.19. The van der Waals surface area contributed by atoms with E-state index >= 15 is 0 Å². The maximum absolute atomic E-state index is 13.1. The topological polar surface area (TPSA) is 126 Å². The fourth-order valence-electron chi connectivity index (χ4n) is 3.31. The Morgan fingerprint density at radius 3 is 2.58 bits per heavy atom. The number of urea groups is 1. The molecule has 0 fully saturated rings. The van der Waals surface area contributed by atoms with E-state index < -0.39 is 11.8 Å². The number of nitriles is 1. The maximum Gasteiger partial charge on any atom is 0.323 e. The average Bonchev–Trinajstić information content (AvgIpc) is 2.87. The number of phenolic OH excluding ortho intramolecular Hbond substituents is 1. The third-order valence-electron chi connectivity index (χ3n) is 5.02. The summed E-state index contributed by atoms with van der Waals surface area (Å²) in [7, 11) is 1.57. The number of carbonyl (C=O) groups excluding carboxylic acids is 1. The molecular formula is C26H21FN4O5. The Morgan fingerprint density at radius 2 is 1.86 bits per heavy atom. The van der Waals surface area contributed by atoms with Crippen LogP contribution in [0.1, 0.15) is 5.56 Å². The second-order valence-corrected chi connectivity index (χ2v) is 7.49. The molecule has 3 N–H and O–H groups in total. The van der Waals surface area contributed by atoms with Crippen LogP contribution in [-0.4, -0.2) is 36.4 Å². The molecule has 4 rings (SSSR count). The largest absolute Gasteiger partial charge is 0.506 e. The van der Waals surface area contributed by atoms with Crippen molar-refractivity contribution in [1.82, 2.24) is 4.98 Å². The molecule has 0 aliphatic rings. The molecule has 0 bridgehead atoms. The summed E-state index contributed by atoms with van der Waals surface area (Å²) >= 11 is 0. The molecule has 1 heterocycles. The first kappa shape index (κ1) is 24.3. The number of benzene rings is 3. The van der Waals surface area contributed by atoms with Gasteiger partial charge in [0, 0.05) is 36.5 Å². The van der Waals surface area contributed by atoms with E-state index in [0.717, 1.165) is 12.1 Å². The number of methoxy groups -OCH3 is 1. The molecule has 0 unspecified atom stereocenters. The summed E-state index contributed by atoms with van der Waals surface area (Å²) in [5.41, 5.74) is 1.47. The van der Waals surface area contributed by atoms with E-state index in [0.29, 0.717) is 52.6 Å². The van der Waals surface area contributed by atoms with Gasteiger partial charge in [-0.1, -0.05) is 0 Å². The minimum Gasteiger partial charge on any atom is -0.506 e. The van der Waals surface area contributed by atoms with E-state index in [2.05, 4.69) is 21.7 Å². The minimum absolute atomic E-state index is 0.0717. The highest BCUT2D eigenvalue weighted by atomic mass is 19.1. The predicted octanol–water partition coefficient (Wildman–Crippen LogP) is 5.41. The lowest BCUT2D eigenvalue weighted by atomic mass is 10.1. The molecule has 4 aromatic rings. The first-order valence-electron chi connectivity index (χ1n) is 10.8. The van der Waals surface area contributed by atoms with Gasteiger partial charge in [-0.25, -0.2) is 9.18 Å². The van der Waals surface area contributed by atoms with Gasteiger partial charge in [0.05, 0.1) is 23.4 Å². The molecule has 9 nitrogen and oxygen atoms in total. The third-order valence-corrected chi connectivity index (χ3v) is 5.02. The highest BCUT2D eigenvalue weighted by Crippen LogP contribution is 2.33. The summed E-state index contributed by atoms with van der Waals surface area (Å²) in [5.74, 6) is 0.394. The molecule has 10 heteroatoms. The van der Waals surface area contributed by atoms with Gasteiger partial charge in [0.25, 0.3) is 0 Å². The Kier molecular flexibility index (Phi) is 7.43. The van der Waals surface area contributed by atoms with E-state index in [9.17, 15) is 19.6 Å². The molecule has 36 heavy (non-hydrogen) atoms. The number of halogens is 1. The molecule has 0 saturated carbocycles. The number of aromatic nitrogens is 1. The van der Waals surface area contributed by atoms with E-state index in [-0.39, 0.29) is 11.4 Å². The number of fused-ring (bicyclic) bond motifs is 1. The zero-order valence-corrected chi connectivity index (χ0v) is 19.1. The van der Waals surface area contributed by atoms with Crippen LogP contribution in [0.2, 0.25) is 0 Å². The van der Waals surface area contributed by atoms with Gasteiger partial charge in [0.2, 0.25) is 0 Å². The van der Waals surface area contributed by atoms with Crippen molar-refractivity contribution in [2.24, 2.45) is 0 Å². The summed E-state index contributed by atoms with van der Waals surface area (Å²) in [4.78, 5) is 16.5. The van der Waals surface area contributed by atoms with Crippen molar-refractivity contribution < 1.29 is 28.5 Å². The van der Waals surface area contributed by atoms with Crippen LogP contribution in [0.15, 0.2) is 66.9 Å². The minimum atomic E-state index is -0.615. The molecule has 2 amide bonds. The Labute approximate surface area is 205 Å². The van der Waals surface area contributed by atoms with Crippen molar-refractivity contribution in [3.8, 4) is 29.1 Å². The zero-order valence-electron chi connectivity index (χ0n) is 19.1. The Balaban J connectivity index is 1.46. The molecule has 1 aromatic heterocycles. The molecule has 3 aromatic carbocycles. The number of anilines is 2. The smallest absolute Gasteiger partial charge is 0.323 e. The Bertz CT molecular complexity index is 1440. The monoisotopic (exact) mass is 488 g/mol. The fraction of sp³-hybridized carbons (Fsp3) is 0.115. The number of aromatic hydroxyl groups is 1. The Hall–Kier alpha value is -4.88. The number of hydrogen-bond acceptors (Lipinski definition) is 7. The highest BCUT2D eigenvalue weighted by molar-refractivity contribution is 6.00. The third kappa shape index (κ3) is 5.78. The van der Waals surface area contributed by atoms with Gasteiger partial charge in [-0.2, -0.15) is 5.26 Å². The number of pyridine rings is 1. The first-order valence-corrected chi connectivity index (χ1v) is 10.8. The van der Waals surface area contributed by atoms with Gasteiger partial charge in [-0.3, -0.25) is 4.98 Å². The van der Waals surface area contributed by atoms with Crippen molar-refractivity contribution in [3.63, 3.8) is 0 Å². The normalized spacial score (nSPS) is 10.5. The average molecular weight is 488 g/mol. The van der Waals surface area contributed by atoms with Crippen molar-refractivity contribution in [2.75, 3.05) is 31.0 Å². The van der Waals surface area contributed by atoms with Crippen molar-refractivity contribution in [3.05, 3.63) is 78.2 Å². The summed E-state index contributed by atoms with van der Waals surface area (Å²) in [5, 5.41) is 25.0. The molecule has 182 valence electrons. The van der Waals surface area contributed by atoms with Crippen molar-refractivity contribution in [1.29, 1.82) is 5.26 Å². The van der Waals surface area contributed by atoms with Crippen LogP contribution in [0.25, 0.3) is 10.9 Å². The zero-order chi connectivity index (χ0) is 25.5. The molecule has 0 aliphatic heterocycles. The van der Waals surface area contributed by atoms with Crippen molar-refractivity contribution >= 4 is 28.3 Å². The van der Waals surface area contributed by atoms with Gasteiger partial charge < -0.3 is 30.0 Å². The lowest BCUT2D eigenvalue weighted by Gasteiger charge is -2.12. The van der Waals surface area contributed by atoms with Crippen LogP contribution in [0.5, 0.6) is 23.0 Å². The predicted molar refractivity (Wildman–Crippen MR) is 131 cm³/mol. The molecule has 0 aliphatic carbocycles. The van der Waals surface area contributed by atoms with Crippen LogP contribution in [-0.2, 0) is 4.74 Å². The fourth-order valence-corrected chi connectivity index (χ4v) is 3.31. The number of phenols is 1. The summed E-state index contributed by atoms with van der Waals surface area (Å²) in [6, 6.07) is 16.4. The lowest BCUT2D eigenvalue weighted by molar-refractivity contribution is 0.146. The molecular weight excluding hydrogens is 467 g/mol. The molecule has 0 spiro atoms. The highest BCUT2D eigenvalue weighted by Gasteiger charge is 2.12. The van der Waals surface area contributed by atoms with E-state index in [4.69, 9.17) is 14.2 Å². The van der Waals surface area contributed by atoms with Gasteiger partial charge in [0.1, 0.15) is 41.5 Å². The van der Waals surface area contributed by atoms with Gasteiger partial charge in [-0.05, 0) is 48.5 Å². The number of amides is 2. The second kappa shape index (κ2) is 11.0. The number of ether oxygens (including phenoxy) is 3. The van der Waals surface area contributed by atoms with Gasteiger partial charge >= 0.3 is 6.03 Å². The van der Waals surface area contributed by atoms with Crippen LogP contribution >= 0.6 is 0 Å². The number of carbonyl (C=O) groups is 1. The first-order chi connectivity index (χ1) is 17.5. The van der Waals surface area contributed by atoms with Crippen LogP contribution in [0.4, 0.5) is 20.6 Å². The van der Waals surface area contributed by atoms with Crippen molar-refractivity contribution in [2.45, 2.75) is 0 Å². The molecule has 0 radical (unpaired) electrons. The summed E-state index contributed by atoms with van der Waals surface area (Å²) in [6.07, 6.45) is 1.59. The maximum atomic E-state index is 13.1. The van der Waals surface area contributed by atoms with Crippen LogP contribution < -0.4 is 20.1 Å². The standard InChI is InChI=1S/C26H21FN4O5/c1-34-10-11-35-25-14-22-20(12-16(25)15-28)24(8-9-29-22)36-19-5-3-18(4-6-19)30-26(33)31-21-7-2-17(27)13-23(21)32/h2-9,12-14,32H,10-11H2,1H3,(H2,30,31,33). The van der Waals surface area contributed by atoms with E-state index in [1.54, 1.807) is 55.8 Å². The molecule has 0 atom stereocenters. The second-order valence-electron chi connectivity index (χ2n) is 7.49. The number of nitrogens with zero attached hydrogens (tertiary/aromatic N) is 2. The van der Waals surface area contributed by atoms with Gasteiger partial charge in [0.15, 0.2) is 0 Å². The molecule has 0 saturated heterocycles. The summed E-state index contributed by atoms with van der Waals surface area (Å²) < 4.78 is 29.7. The van der Waals surface area contributed by atoms with E-state index in [1.165, 1.54) is 6.07 Å². The van der Waals surface area contributed by atoms with E-state index in [1.807, 2.05) is 0 Å². The summed E-state index contributed by atoms with van der Waals surface area (Å²) in [6.45, 7) is 0.692. The van der Waals surface area contributed by atoms with Crippen LogP contribution in [0, 0.1) is 17.1 Å². The number of nitrogens with one attached hydrogen (secondary N) is 2. The van der Waals surface area contributed by atoms with Gasteiger partial charge in [-0.15, -0.1) is 0 Å². The quantitative estimate of drug-likeness (QED) is 0.224. The number of hydrogen-bond donors (Lipinski definition) is 3.